The van der Waals surface area contributed by atoms with E-state index in [2.05, 4.69) is 14.7 Å². The standard InChI is InChI=1S/C9H10N4O3S/c1-17(15,16)13-5-2-3-6-7(4-5)12-9(11-6)8(10)14/h2-4,13H,1H3,(H2,10,14)(H,11,12). The number of anilines is 1. The lowest BCUT2D eigenvalue weighted by Crippen LogP contribution is -2.12. The van der Waals surface area contributed by atoms with Crippen LogP contribution in [0, 0.1) is 0 Å². The first-order chi connectivity index (χ1) is 7.85. The largest absolute Gasteiger partial charge is 0.363 e. The Balaban J connectivity index is 2.47. The lowest BCUT2D eigenvalue weighted by Gasteiger charge is -2.02. The number of hydrogen-bond acceptors (Lipinski definition) is 4. The summed E-state index contributed by atoms with van der Waals surface area (Å²) >= 11 is 0. The summed E-state index contributed by atoms with van der Waals surface area (Å²) in [6.07, 6.45) is 1.05. The number of sulfonamides is 1. The van der Waals surface area contributed by atoms with Crippen molar-refractivity contribution in [1.82, 2.24) is 9.97 Å². The highest BCUT2D eigenvalue weighted by Gasteiger charge is 2.09. The minimum absolute atomic E-state index is 0.0384. The van der Waals surface area contributed by atoms with Crippen molar-refractivity contribution in [3.8, 4) is 0 Å². The van der Waals surface area contributed by atoms with Crippen LogP contribution >= 0.6 is 0 Å². The number of nitrogens with two attached hydrogens (primary N) is 1. The van der Waals surface area contributed by atoms with Crippen LogP contribution in [0.2, 0.25) is 0 Å². The normalized spacial score (nSPS) is 11.6. The average Bonchev–Trinajstić information content (AvgIpc) is 2.57. The maximum atomic E-state index is 11.0. The monoisotopic (exact) mass is 254 g/mol. The van der Waals surface area contributed by atoms with Gasteiger partial charge in [-0.05, 0) is 18.2 Å². The van der Waals surface area contributed by atoms with Gasteiger partial charge in [-0.3, -0.25) is 9.52 Å². The van der Waals surface area contributed by atoms with Crippen molar-refractivity contribution < 1.29 is 13.2 Å². The summed E-state index contributed by atoms with van der Waals surface area (Å²) in [6, 6.07) is 4.69. The second-order valence-corrected chi connectivity index (χ2v) is 5.30. The van der Waals surface area contributed by atoms with E-state index in [1.807, 2.05) is 0 Å². The molecule has 0 aliphatic rings. The number of carbonyl (C=O) groups is 1. The highest BCUT2D eigenvalue weighted by Crippen LogP contribution is 2.17. The van der Waals surface area contributed by atoms with Crippen LogP contribution in [0.3, 0.4) is 0 Å². The number of nitrogens with one attached hydrogen (secondary N) is 2. The Bertz CT molecular complexity index is 689. The molecule has 0 aliphatic carbocycles. The van der Waals surface area contributed by atoms with E-state index in [-0.39, 0.29) is 5.82 Å². The van der Waals surface area contributed by atoms with Crippen LogP contribution in [-0.4, -0.2) is 30.5 Å². The molecule has 2 aromatic rings. The fourth-order valence-corrected chi connectivity index (χ4v) is 1.96. The molecule has 0 bridgehead atoms. The van der Waals surface area contributed by atoms with Crippen LogP contribution in [0.1, 0.15) is 10.6 Å². The average molecular weight is 254 g/mol. The van der Waals surface area contributed by atoms with Crippen LogP contribution in [0.25, 0.3) is 11.0 Å². The van der Waals surface area contributed by atoms with Gasteiger partial charge in [0.2, 0.25) is 10.0 Å². The van der Waals surface area contributed by atoms with E-state index in [1.165, 1.54) is 6.07 Å². The molecule has 0 fully saturated rings. The molecule has 90 valence electrons. The Morgan fingerprint density at radius 2 is 2.18 bits per heavy atom. The molecular formula is C9H10N4O3S. The molecule has 0 spiro atoms. The zero-order valence-electron chi connectivity index (χ0n) is 8.89. The highest BCUT2D eigenvalue weighted by molar-refractivity contribution is 7.92. The molecule has 1 aromatic heterocycles. The van der Waals surface area contributed by atoms with E-state index < -0.39 is 15.9 Å². The summed E-state index contributed by atoms with van der Waals surface area (Å²) in [5.74, 6) is -0.629. The first-order valence-corrected chi connectivity index (χ1v) is 6.52. The van der Waals surface area contributed by atoms with Crippen LogP contribution in [0.15, 0.2) is 18.2 Å². The Kier molecular flexibility index (Phi) is 2.50. The van der Waals surface area contributed by atoms with Crippen LogP contribution in [0.4, 0.5) is 5.69 Å². The molecule has 7 nitrogen and oxygen atoms in total. The number of benzene rings is 1. The minimum atomic E-state index is -3.33. The van der Waals surface area contributed by atoms with Gasteiger partial charge in [-0.1, -0.05) is 0 Å². The summed E-state index contributed by atoms with van der Waals surface area (Å²) in [7, 11) is -3.33. The molecule has 0 saturated heterocycles. The number of carbonyl (C=O) groups excluding carboxylic acids is 1. The van der Waals surface area contributed by atoms with Gasteiger partial charge in [0.05, 0.1) is 23.0 Å². The van der Waals surface area contributed by atoms with E-state index in [9.17, 15) is 13.2 Å². The summed E-state index contributed by atoms with van der Waals surface area (Å²) < 4.78 is 24.4. The van der Waals surface area contributed by atoms with Crippen LogP contribution < -0.4 is 10.5 Å². The molecule has 0 aliphatic heterocycles. The SMILES string of the molecule is CS(=O)(=O)Nc1ccc2[nH]c(C(N)=O)nc2c1. The third-order valence-corrected chi connectivity index (χ3v) is 2.63. The van der Waals surface area contributed by atoms with Gasteiger partial charge in [-0.2, -0.15) is 0 Å². The number of hydrogen-bond donors (Lipinski definition) is 3. The lowest BCUT2D eigenvalue weighted by molar-refractivity contribution is 0.0991. The number of amides is 1. The summed E-state index contributed by atoms with van der Waals surface area (Å²) in [6.45, 7) is 0. The van der Waals surface area contributed by atoms with Gasteiger partial charge >= 0.3 is 0 Å². The molecule has 8 heteroatoms. The molecule has 4 N–H and O–H groups in total. The Hall–Kier alpha value is -2.09. The molecule has 0 unspecified atom stereocenters. The number of nitrogens with zero attached hydrogens (tertiary/aromatic N) is 1. The molecule has 1 heterocycles. The third-order valence-electron chi connectivity index (χ3n) is 2.02. The number of imidazole rings is 1. The van der Waals surface area contributed by atoms with E-state index in [0.717, 1.165) is 6.26 Å². The molecule has 1 aromatic carbocycles. The fourth-order valence-electron chi connectivity index (χ4n) is 1.40. The smallest absolute Gasteiger partial charge is 0.284 e. The van der Waals surface area contributed by atoms with E-state index in [0.29, 0.717) is 16.7 Å². The Morgan fingerprint density at radius 1 is 1.47 bits per heavy atom. The van der Waals surface area contributed by atoms with Crippen LogP contribution in [0.5, 0.6) is 0 Å². The second-order valence-electron chi connectivity index (χ2n) is 3.56. The Morgan fingerprint density at radius 3 is 2.76 bits per heavy atom. The first kappa shape index (κ1) is 11.4. The van der Waals surface area contributed by atoms with E-state index in [4.69, 9.17) is 5.73 Å². The van der Waals surface area contributed by atoms with Crippen molar-refractivity contribution in [2.75, 3.05) is 11.0 Å². The van der Waals surface area contributed by atoms with Crippen molar-refractivity contribution in [3.05, 3.63) is 24.0 Å². The fraction of sp³-hybridized carbons (Fsp3) is 0.111. The topological polar surface area (TPSA) is 118 Å². The van der Waals surface area contributed by atoms with Crippen molar-refractivity contribution in [3.63, 3.8) is 0 Å². The van der Waals surface area contributed by atoms with Gasteiger partial charge in [0.25, 0.3) is 5.91 Å². The van der Waals surface area contributed by atoms with Crippen molar-refractivity contribution >= 4 is 32.7 Å². The quantitative estimate of drug-likeness (QED) is 0.716. The summed E-state index contributed by atoms with van der Waals surface area (Å²) in [5.41, 5.74) is 6.52. The highest BCUT2D eigenvalue weighted by atomic mass is 32.2. The van der Waals surface area contributed by atoms with Crippen molar-refractivity contribution in [1.29, 1.82) is 0 Å². The molecular weight excluding hydrogens is 244 g/mol. The molecule has 0 saturated carbocycles. The number of primary amides is 1. The number of aromatic amines is 1. The second kappa shape index (κ2) is 3.74. The van der Waals surface area contributed by atoms with Gasteiger partial charge in [0.15, 0.2) is 5.82 Å². The predicted octanol–water partition coefficient (Wildman–Crippen LogP) is 0.0333. The zero-order chi connectivity index (χ0) is 12.6. The zero-order valence-corrected chi connectivity index (χ0v) is 9.71. The molecule has 2 rings (SSSR count). The summed E-state index contributed by atoms with van der Waals surface area (Å²) in [4.78, 5) is 17.6. The number of H-pyrrole nitrogens is 1. The van der Waals surface area contributed by atoms with Crippen molar-refractivity contribution in [2.45, 2.75) is 0 Å². The molecule has 1 amide bonds. The first-order valence-electron chi connectivity index (χ1n) is 4.62. The molecule has 17 heavy (non-hydrogen) atoms. The maximum Gasteiger partial charge on any atom is 0.284 e. The van der Waals surface area contributed by atoms with Crippen molar-refractivity contribution in [2.24, 2.45) is 5.73 Å². The molecule has 0 atom stereocenters. The number of fused-ring (bicyclic) bond motifs is 1. The van der Waals surface area contributed by atoms with Gasteiger partial charge in [-0.15, -0.1) is 0 Å². The van der Waals surface area contributed by atoms with Gasteiger partial charge in [0, 0.05) is 0 Å². The van der Waals surface area contributed by atoms with E-state index in [1.54, 1.807) is 12.1 Å². The maximum absolute atomic E-state index is 11.0. The third kappa shape index (κ3) is 2.53. The van der Waals surface area contributed by atoms with Gasteiger partial charge in [-0.25, -0.2) is 13.4 Å². The number of rotatable bonds is 3. The minimum Gasteiger partial charge on any atom is -0.363 e. The van der Waals surface area contributed by atoms with Crippen LogP contribution in [-0.2, 0) is 10.0 Å². The number of aromatic nitrogens is 2. The predicted molar refractivity (Wildman–Crippen MR) is 63.1 cm³/mol. The lowest BCUT2D eigenvalue weighted by atomic mass is 10.3. The van der Waals surface area contributed by atoms with E-state index >= 15 is 0 Å². The van der Waals surface area contributed by atoms with Gasteiger partial charge < -0.3 is 10.7 Å². The van der Waals surface area contributed by atoms with Gasteiger partial charge in [0.1, 0.15) is 0 Å². The Labute approximate surface area is 97.1 Å². The molecule has 0 radical (unpaired) electrons. The summed E-state index contributed by atoms with van der Waals surface area (Å²) in [5, 5.41) is 0.